The molecule has 0 amide bonds. The van der Waals surface area contributed by atoms with Crippen molar-refractivity contribution in [3.8, 4) is 5.75 Å². The van der Waals surface area contributed by atoms with Crippen LogP contribution in [0.5, 0.6) is 5.75 Å². The number of hydrogen-bond acceptors (Lipinski definition) is 4. The summed E-state index contributed by atoms with van der Waals surface area (Å²) in [7, 11) is 3.52. The smallest absolute Gasteiger partial charge is 0.119 e. The fraction of sp³-hybridized carbons (Fsp3) is 0.571. The van der Waals surface area contributed by atoms with Crippen LogP contribution in [0.25, 0.3) is 0 Å². The molecule has 102 valence electrons. The van der Waals surface area contributed by atoms with Crippen LogP contribution in [0.15, 0.2) is 12.1 Å². The molecule has 0 saturated carbocycles. The van der Waals surface area contributed by atoms with Gasteiger partial charge in [0.25, 0.3) is 0 Å². The zero-order valence-corrected chi connectivity index (χ0v) is 11.7. The topological polar surface area (TPSA) is 67.5 Å². The number of aryl methyl sites for hydroxylation is 2. The summed E-state index contributed by atoms with van der Waals surface area (Å²) in [6.45, 7) is 4.74. The van der Waals surface area contributed by atoms with Gasteiger partial charge in [0.05, 0.1) is 13.2 Å². The van der Waals surface area contributed by atoms with E-state index in [1.807, 2.05) is 33.0 Å². The molecule has 0 radical (unpaired) electrons. The molecule has 1 aromatic rings. The molecule has 0 spiro atoms. The number of rotatable bonds is 6. The molecule has 0 aliphatic heterocycles. The maximum absolute atomic E-state index is 10.3. The fourth-order valence-corrected chi connectivity index (χ4v) is 2.20. The first-order chi connectivity index (χ1) is 8.51. The number of nitrogens with two attached hydrogens (primary N) is 1. The van der Waals surface area contributed by atoms with Crippen LogP contribution in [0.1, 0.15) is 29.2 Å². The van der Waals surface area contributed by atoms with Gasteiger partial charge in [0.1, 0.15) is 5.75 Å². The van der Waals surface area contributed by atoms with E-state index in [9.17, 15) is 5.11 Å². The van der Waals surface area contributed by atoms with E-state index in [1.54, 1.807) is 7.11 Å². The minimum atomic E-state index is -0.635. The van der Waals surface area contributed by atoms with Gasteiger partial charge in [-0.3, -0.25) is 0 Å². The normalized spacial score (nSPS) is 14.3. The first-order valence-corrected chi connectivity index (χ1v) is 6.24. The molecule has 0 saturated heterocycles. The lowest BCUT2D eigenvalue weighted by atomic mass is 9.92. The maximum Gasteiger partial charge on any atom is 0.119 e. The molecule has 2 unspecified atom stereocenters. The largest absolute Gasteiger partial charge is 0.497 e. The van der Waals surface area contributed by atoms with Crippen LogP contribution in [-0.4, -0.2) is 31.9 Å². The third kappa shape index (κ3) is 3.45. The third-order valence-electron chi connectivity index (χ3n) is 3.23. The quantitative estimate of drug-likeness (QED) is 0.713. The van der Waals surface area contributed by atoms with Gasteiger partial charge in [-0.1, -0.05) is 0 Å². The lowest BCUT2D eigenvalue weighted by Gasteiger charge is -2.23. The average Bonchev–Trinajstić information content (AvgIpc) is 2.34. The van der Waals surface area contributed by atoms with Crippen molar-refractivity contribution in [3.63, 3.8) is 0 Å². The second kappa shape index (κ2) is 6.73. The Morgan fingerprint density at radius 2 is 1.89 bits per heavy atom. The molecule has 4 heteroatoms. The van der Waals surface area contributed by atoms with Crippen LogP contribution in [0.3, 0.4) is 0 Å². The van der Waals surface area contributed by atoms with E-state index in [1.165, 1.54) is 0 Å². The molecular weight excluding hydrogens is 228 g/mol. The molecule has 4 nitrogen and oxygen atoms in total. The zero-order chi connectivity index (χ0) is 13.7. The molecule has 0 bridgehead atoms. The van der Waals surface area contributed by atoms with Crippen LogP contribution >= 0.6 is 0 Å². The second-order valence-electron chi connectivity index (χ2n) is 4.68. The van der Waals surface area contributed by atoms with Gasteiger partial charge >= 0.3 is 0 Å². The van der Waals surface area contributed by atoms with Gasteiger partial charge < -0.3 is 20.9 Å². The van der Waals surface area contributed by atoms with Crippen molar-refractivity contribution in [2.45, 2.75) is 32.4 Å². The predicted octanol–water partition coefficient (Wildman–Crippen LogP) is 1.28. The van der Waals surface area contributed by atoms with Gasteiger partial charge in [-0.05, 0) is 62.7 Å². The van der Waals surface area contributed by atoms with E-state index in [0.29, 0.717) is 0 Å². The number of methoxy groups -OCH3 is 1. The van der Waals surface area contributed by atoms with Crippen LogP contribution in [0.4, 0.5) is 0 Å². The van der Waals surface area contributed by atoms with E-state index in [0.717, 1.165) is 35.4 Å². The van der Waals surface area contributed by atoms with Crippen molar-refractivity contribution >= 4 is 0 Å². The van der Waals surface area contributed by atoms with Gasteiger partial charge in [0.2, 0.25) is 0 Å². The summed E-state index contributed by atoms with van der Waals surface area (Å²) in [5.41, 5.74) is 8.96. The molecule has 2 atom stereocenters. The Bertz CT molecular complexity index is 370. The Balaban J connectivity index is 2.94. The van der Waals surface area contributed by atoms with E-state index < -0.39 is 6.10 Å². The molecule has 1 aromatic carbocycles. The number of nitrogens with one attached hydrogen (secondary N) is 1. The Kier molecular flexibility index (Phi) is 5.59. The highest BCUT2D eigenvalue weighted by Crippen LogP contribution is 2.28. The SMILES string of the molecule is CNCCC(N)C(O)c1c(C)cc(OC)cc1C. The Hall–Kier alpha value is -1.10. The van der Waals surface area contributed by atoms with Crippen molar-refractivity contribution in [2.75, 3.05) is 20.7 Å². The van der Waals surface area contributed by atoms with E-state index in [-0.39, 0.29) is 6.04 Å². The highest BCUT2D eigenvalue weighted by molar-refractivity contribution is 5.42. The van der Waals surface area contributed by atoms with E-state index in [4.69, 9.17) is 10.5 Å². The Labute approximate surface area is 109 Å². The molecule has 0 heterocycles. The lowest BCUT2D eigenvalue weighted by Crippen LogP contribution is -2.32. The van der Waals surface area contributed by atoms with Crippen LogP contribution in [0.2, 0.25) is 0 Å². The predicted molar refractivity (Wildman–Crippen MR) is 73.9 cm³/mol. The molecule has 18 heavy (non-hydrogen) atoms. The monoisotopic (exact) mass is 252 g/mol. The second-order valence-corrected chi connectivity index (χ2v) is 4.68. The minimum Gasteiger partial charge on any atom is -0.497 e. The Morgan fingerprint density at radius 3 is 2.33 bits per heavy atom. The maximum atomic E-state index is 10.3. The van der Waals surface area contributed by atoms with Crippen LogP contribution < -0.4 is 15.8 Å². The van der Waals surface area contributed by atoms with Gasteiger partial charge in [-0.25, -0.2) is 0 Å². The molecular formula is C14H24N2O2. The first-order valence-electron chi connectivity index (χ1n) is 6.24. The van der Waals surface area contributed by atoms with Crippen molar-refractivity contribution < 1.29 is 9.84 Å². The van der Waals surface area contributed by atoms with E-state index >= 15 is 0 Å². The first kappa shape index (κ1) is 15.0. The molecule has 4 N–H and O–H groups in total. The molecule has 0 aromatic heterocycles. The summed E-state index contributed by atoms with van der Waals surface area (Å²) in [5, 5.41) is 13.4. The lowest BCUT2D eigenvalue weighted by molar-refractivity contribution is 0.141. The average molecular weight is 252 g/mol. The summed E-state index contributed by atoms with van der Waals surface area (Å²) < 4.78 is 5.21. The van der Waals surface area contributed by atoms with E-state index in [2.05, 4.69) is 5.32 Å². The Morgan fingerprint density at radius 1 is 1.33 bits per heavy atom. The van der Waals surface area contributed by atoms with Crippen LogP contribution in [-0.2, 0) is 0 Å². The third-order valence-corrected chi connectivity index (χ3v) is 3.23. The molecule has 0 fully saturated rings. The summed E-state index contributed by atoms with van der Waals surface area (Å²) >= 11 is 0. The highest BCUT2D eigenvalue weighted by Gasteiger charge is 2.20. The summed E-state index contributed by atoms with van der Waals surface area (Å²) in [5.74, 6) is 0.810. The minimum absolute atomic E-state index is 0.261. The van der Waals surface area contributed by atoms with Crippen molar-refractivity contribution in [1.29, 1.82) is 0 Å². The number of aliphatic hydroxyl groups is 1. The van der Waals surface area contributed by atoms with Crippen LogP contribution in [0, 0.1) is 13.8 Å². The summed E-state index contributed by atoms with van der Waals surface area (Å²) in [6.07, 6.45) is 0.104. The summed E-state index contributed by atoms with van der Waals surface area (Å²) in [4.78, 5) is 0. The zero-order valence-electron chi connectivity index (χ0n) is 11.7. The number of aliphatic hydroxyl groups excluding tert-OH is 1. The number of hydrogen-bond donors (Lipinski definition) is 3. The van der Waals surface area contributed by atoms with Gasteiger partial charge in [-0.15, -0.1) is 0 Å². The van der Waals surface area contributed by atoms with Gasteiger partial charge in [-0.2, -0.15) is 0 Å². The van der Waals surface area contributed by atoms with Crippen molar-refractivity contribution in [2.24, 2.45) is 5.73 Å². The molecule has 0 aliphatic rings. The van der Waals surface area contributed by atoms with Crippen molar-refractivity contribution in [1.82, 2.24) is 5.32 Å². The molecule has 0 aliphatic carbocycles. The molecule has 1 rings (SSSR count). The van der Waals surface area contributed by atoms with Gasteiger partial charge in [0, 0.05) is 6.04 Å². The summed E-state index contributed by atoms with van der Waals surface area (Å²) in [6, 6.07) is 3.59. The number of benzene rings is 1. The standard InChI is InChI=1S/C14H24N2O2/c1-9-7-11(18-4)8-10(2)13(9)14(17)12(15)5-6-16-3/h7-8,12,14,16-17H,5-6,15H2,1-4H3. The fourth-order valence-electron chi connectivity index (χ4n) is 2.20. The van der Waals surface area contributed by atoms with Gasteiger partial charge in [0.15, 0.2) is 0 Å². The highest BCUT2D eigenvalue weighted by atomic mass is 16.5. The van der Waals surface area contributed by atoms with Crippen molar-refractivity contribution in [3.05, 3.63) is 28.8 Å². The number of ether oxygens (including phenoxy) is 1.